The van der Waals surface area contributed by atoms with Gasteiger partial charge in [-0.3, -0.25) is 9.97 Å². The van der Waals surface area contributed by atoms with Gasteiger partial charge in [0, 0.05) is 18.9 Å². The van der Waals surface area contributed by atoms with E-state index >= 15 is 0 Å². The van der Waals surface area contributed by atoms with Gasteiger partial charge in [-0.2, -0.15) is 5.26 Å². The average molecular weight is 238 g/mol. The summed E-state index contributed by atoms with van der Waals surface area (Å²) in [7, 11) is 1.93. The highest BCUT2D eigenvalue weighted by atomic mass is 15.1. The monoisotopic (exact) mass is 238 g/mol. The van der Waals surface area contributed by atoms with Crippen LogP contribution in [0.5, 0.6) is 0 Å². The first kappa shape index (κ1) is 12.1. The molecule has 0 aromatic carbocycles. The highest BCUT2D eigenvalue weighted by Crippen LogP contribution is 2.18. The molecule has 0 N–H and O–H groups in total. The minimum absolute atomic E-state index is 0.625. The third-order valence-electron chi connectivity index (χ3n) is 2.68. The van der Waals surface area contributed by atoms with Crippen molar-refractivity contribution in [1.82, 2.24) is 9.97 Å². The highest BCUT2D eigenvalue weighted by Gasteiger charge is 2.08. The molecule has 4 heteroatoms. The lowest BCUT2D eigenvalue weighted by molar-refractivity contribution is 0.872. The van der Waals surface area contributed by atoms with Gasteiger partial charge in [0.15, 0.2) is 0 Å². The number of aryl methyl sites for hydroxylation is 1. The van der Waals surface area contributed by atoms with Crippen molar-refractivity contribution in [2.75, 3.05) is 11.9 Å². The van der Waals surface area contributed by atoms with Gasteiger partial charge in [0.25, 0.3) is 0 Å². The molecule has 4 nitrogen and oxygen atoms in total. The van der Waals surface area contributed by atoms with Gasteiger partial charge in [-0.1, -0.05) is 6.07 Å². The molecule has 0 saturated carbocycles. The molecule has 0 radical (unpaired) electrons. The minimum atomic E-state index is 0.625. The van der Waals surface area contributed by atoms with Crippen LogP contribution in [0.3, 0.4) is 0 Å². The summed E-state index contributed by atoms with van der Waals surface area (Å²) in [5, 5.41) is 9.06. The predicted octanol–water partition coefficient (Wildman–Crippen LogP) is 2.29. The maximum atomic E-state index is 9.06. The second-order valence-electron chi connectivity index (χ2n) is 4.13. The second kappa shape index (κ2) is 5.28. The molecule has 2 heterocycles. The van der Waals surface area contributed by atoms with Gasteiger partial charge in [0.2, 0.25) is 0 Å². The first-order chi connectivity index (χ1) is 8.70. The zero-order valence-corrected chi connectivity index (χ0v) is 10.5. The molecule has 0 atom stereocenters. The lowest BCUT2D eigenvalue weighted by Gasteiger charge is -2.19. The van der Waals surface area contributed by atoms with Crippen molar-refractivity contribution in [2.24, 2.45) is 0 Å². The molecule has 18 heavy (non-hydrogen) atoms. The average Bonchev–Trinajstić information content (AvgIpc) is 2.38. The molecule has 0 saturated heterocycles. The zero-order valence-electron chi connectivity index (χ0n) is 10.5. The van der Waals surface area contributed by atoms with Crippen LogP contribution in [-0.4, -0.2) is 17.0 Å². The van der Waals surface area contributed by atoms with E-state index in [2.05, 4.69) is 16.0 Å². The Balaban J connectivity index is 2.22. The fraction of sp³-hybridized carbons (Fsp3) is 0.214. The maximum absolute atomic E-state index is 9.06. The van der Waals surface area contributed by atoms with Crippen molar-refractivity contribution in [3.8, 4) is 6.07 Å². The van der Waals surface area contributed by atoms with E-state index < -0.39 is 0 Å². The van der Waals surface area contributed by atoms with Crippen LogP contribution in [0.15, 0.2) is 36.7 Å². The first-order valence-corrected chi connectivity index (χ1v) is 5.68. The summed E-state index contributed by atoms with van der Waals surface area (Å²) in [5.41, 5.74) is 3.42. The third kappa shape index (κ3) is 2.64. The number of nitrogens with zero attached hydrogens (tertiary/aromatic N) is 4. The molecular weight excluding hydrogens is 224 g/mol. The van der Waals surface area contributed by atoms with Gasteiger partial charge in [-0.05, 0) is 25.1 Å². The smallest absolute Gasteiger partial charge is 0.101 e. The van der Waals surface area contributed by atoms with Gasteiger partial charge in [-0.15, -0.1) is 0 Å². The Bertz CT molecular complexity index is 586. The minimum Gasteiger partial charge on any atom is -0.366 e. The number of nitriles is 1. The van der Waals surface area contributed by atoms with E-state index in [9.17, 15) is 0 Å². The summed E-state index contributed by atoms with van der Waals surface area (Å²) in [4.78, 5) is 10.5. The molecule has 0 aliphatic carbocycles. The van der Waals surface area contributed by atoms with Crippen molar-refractivity contribution in [3.63, 3.8) is 0 Å². The van der Waals surface area contributed by atoms with E-state index in [1.54, 1.807) is 18.5 Å². The second-order valence-corrected chi connectivity index (χ2v) is 4.13. The number of aromatic nitrogens is 2. The van der Waals surface area contributed by atoms with Gasteiger partial charge < -0.3 is 4.90 Å². The van der Waals surface area contributed by atoms with Crippen molar-refractivity contribution in [2.45, 2.75) is 13.5 Å². The van der Waals surface area contributed by atoms with Crippen molar-refractivity contribution in [1.29, 1.82) is 5.26 Å². The SMILES string of the molecule is Cc1cccc(CN(C)c2cnccc2C#N)n1. The highest BCUT2D eigenvalue weighted by molar-refractivity contribution is 5.57. The Morgan fingerprint density at radius 2 is 2.17 bits per heavy atom. The van der Waals surface area contributed by atoms with E-state index in [4.69, 9.17) is 5.26 Å². The third-order valence-corrected chi connectivity index (χ3v) is 2.68. The van der Waals surface area contributed by atoms with Crippen LogP contribution >= 0.6 is 0 Å². The van der Waals surface area contributed by atoms with E-state index in [-0.39, 0.29) is 0 Å². The predicted molar refractivity (Wildman–Crippen MR) is 70.0 cm³/mol. The lowest BCUT2D eigenvalue weighted by Crippen LogP contribution is -2.18. The fourth-order valence-corrected chi connectivity index (χ4v) is 1.80. The van der Waals surface area contributed by atoms with Crippen LogP contribution in [0.2, 0.25) is 0 Å². The normalized spacial score (nSPS) is 9.83. The van der Waals surface area contributed by atoms with Crippen LogP contribution in [0, 0.1) is 18.3 Å². The molecule has 2 aromatic rings. The van der Waals surface area contributed by atoms with Crippen LogP contribution in [0.4, 0.5) is 5.69 Å². The summed E-state index contributed by atoms with van der Waals surface area (Å²) in [6, 6.07) is 9.82. The van der Waals surface area contributed by atoms with E-state index in [0.717, 1.165) is 17.1 Å². The summed E-state index contributed by atoms with van der Waals surface area (Å²) >= 11 is 0. The summed E-state index contributed by atoms with van der Waals surface area (Å²) < 4.78 is 0. The number of rotatable bonds is 3. The fourth-order valence-electron chi connectivity index (χ4n) is 1.80. The standard InChI is InChI=1S/C14H14N4/c1-11-4-3-5-13(17-11)10-18(2)14-9-16-7-6-12(14)8-15/h3-7,9H,10H2,1-2H3. The first-order valence-electron chi connectivity index (χ1n) is 5.68. The van der Waals surface area contributed by atoms with Crippen molar-refractivity contribution in [3.05, 3.63) is 53.6 Å². The Labute approximate surface area is 107 Å². The van der Waals surface area contributed by atoms with Gasteiger partial charge in [0.05, 0.1) is 29.7 Å². The van der Waals surface area contributed by atoms with Crippen molar-refractivity contribution >= 4 is 5.69 Å². The zero-order chi connectivity index (χ0) is 13.0. The number of hydrogen-bond acceptors (Lipinski definition) is 4. The Kier molecular flexibility index (Phi) is 3.54. The van der Waals surface area contributed by atoms with Crippen LogP contribution < -0.4 is 4.90 Å². The lowest BCUT2D eigenvalue weighted by atomic mass is 10.2. The Hall–Kier alpha value is -2.41. The molecule has 0 fully saturated rings. The molecule has 90 valence electrons. The van der Waals surface area contributed by atoms with Crippen molar-refractivity contribution < 1.29 is 0 Å². The quantitative estimate of drug-likeness (QED) is 0.823. The van der Waals surface area contributed by atoms with Gasteiger partial charge in [-0.25, -0.2) is 0 Å². The van der Waals surface area contributed by atoms with E-state index in [1.807, 2.05) is 37.1 Å². The molecule has 0 spiro atoms. The molecule has 2 rings (SSSR count). The molecule has 0 amide bonds. The summed E-state index contributed by atoms with van der Waals surface area (Å²) in [6.45, 7) is 2.62. The van der Waals surface area contributed by atoms with Crippen LogP contribution in [-0.2, 0) is 6.54 Å². The topological polar surface area (TPSA) is 52.8 Å². The van der Waals surface area contributed by atoms with E-state index in [1.165, 1.54) is 0 Å². The Morgan fingerprint density at radius 1 is 1.33 bits per heavy atom. The molecule has 0 bridgehead atoms. The summed E-state index contributed by atoms with van der Waals surface area (Å²) in [5.74, 6) is 0. The van der Waals surface area contributed by atoms with Gasteiger partial charge >= 0.3 is 0 Å². The molecule has 2 aromatic heterocycles. The maximum Gasteiger partial charge on any atom is 0.101 e. The van der Waals surface area contributed by atoms with E-state index in [0.29, 0.717) is 12.1 Å². The molecule has 0 unspecified atom stereocenters. The molecular formula is C14H14N4. The van der Waals surface area contributed by atoms with Crippen LogP contribution in [0.1, 0.15) is 17.0 Å². The summed E-state index contributed by atoms with van der Waals surface area (Å²) in [6.07, 6.45) is 3.33. The Morgan fingerprint density at radius 3 is 2.89 bits per heavy atom. The van der Waals surface area contributed by atoms with Gasteiger partial charge in [0.1, 0.15) is 6.07 Å². The number of pyridine rings is 2. The molecule has 0 aliphatic heterocycles. The van der Waals surface area contributed by atoms with Crippen LogP contribution in [0.25, 0.3) is 0 Å². The number of anilines is 1. The molecule has 0 aliphatic rings. The largest absolute Gasteiger partial charge is 0.366 e. The number of hydrogen-bond donors (Lipinski definition) is 0.